The topological polar surface area (TPSA) is 65.5 Å². The SMILES string of the molecule is O=CN1CCN(C(=O)c2ccc(Nc3cccc(C(F)(F)F)c3)nc2)CC1. The van der Waals surface area contributed by atoms with E-state index in [1.54, 1.807) is 15.9 Å². The van der Waals surface area contributed by atoms with Crippen molar-refractivity contribution in [3.63, 3.8) is 0 Å². The van der Waals surface area contributed by atoms with Crippen LogP contribution in [0, 0.1) is 0 Å². The maximum atomic E-state index is 12.8. The van der Waals surface area contributed by atoms with Crippen molar-refractivity contribution in [3.8, 4) is 0 Å². The van der Waals surface area contributed by atoms with Crippen LogP contribution in [0.1, 0.15) is 15.9 Å². The van der Waals surface area contributed by atoms with Crippen LogP contribution < -0.4 is 5.32 Å². The zero-order valence-electron chi connectivity index (χ0n) is 14.2. The summed E-state index contributed by atoms with van der Waals surface area (Å²) in [4.78, 5) is 30.5. The average molecular weight is 378 g/mol. The van der Waals surface area contributed by atoms with Crippen LogP contribution in [0.15, 0.2) is 42.6 Å². The Hall–Kier alpha value is -3.10. The monoisotopic (exact) mass is 378 g/mol. The summed E-state index contributed by atoms with van der Waals surface area (Å²) >= 11 is 0. The van der Waals surface area contributed by atoms with E-state index in [2.05, 4.69) is 10.3 Å². The number of piperazine rings is 1. The molecule has 2 heterocycles. The first-order chi connectivity index (χ1) is 12.9. The summed E-state index contributed by atoms with van der Waals surface area (Å²) < 4.78 is 38.3. The summed E-state index contributed by atoms with van der Waals surface area (Å²) in [5.41, 5.74) is -0.126. The van der Waals surface area contributed by atoms with Crippen LogP contribution in [0.25, 0.3) is 0 Å². The highest BCUT2D eigenvalue weighted by Crippen LogP contribution is 2.31. The summed E-state index contributed by atoms with van der Waals surface area (Å²) in [7, 11) is 0. The number of hydrogen-bond donors (Lipinski definition) is 1. The molecular weight excluding hydrogens is 361 g/mol. The number of alkyl halides is 3. The highest BCUT2D eigenvalue weighted by molar-refractivity contribution is 5.94. The average Bonchev–Trinajstić information content (AvgIpc) is 2.68. The number of rotatable bonds is 4. The molecule has 0 atom stereocenters. The van der Waals surface area contributed by atoms with E-state index in [1.165, 1.54) is 24.4 Å². The number of anilines is 2. The molecule has 1 aromatic carbocycles. The Morgan fingerprint density at radius 1 is 1.11 bits per heavy atom. The molecule has 0 aliphatic carbocycles. The van der Waals surface area contributed by atoms with Crippen molar-refractivity contribution >= 4 is 23.8 Å². The molecule has 6 nitrogen and oxygen atoms in total. The third kappa shape index (κ3) is 4.55. The van der Waals surface area contributed by atoms with Crippen molar-refractivity contribution in [1.29, 1.82) is 0 Å². The van der Waals surface area contributed by atoms with E-state index in [9.17, 15) is 22.8 Å². The number of hydrogen-bond acceptors (Lipinski definition) is 4. The molecule has 27 heavy (non-hydrogen) atoms. The Balaban J connectivity index is 1.65. The zero-order chi connectivity index (χ0) is 19.4. The fourth-order valence-corrected chi connectivity index (χ4v) is 2.73. The van der Waals surface area contributed by atoms with Gasteiger partial charge in [-0.05, 0) is 30.3 Å². The Bertz CT molecular complexity index is 816. The van der Waals surface area contributed by atoms with Crippen molar-refractivity contribution in [2.75, 3.05) is 31.5 Å². The van der Waals surface area contributed by atoms with Gasteiger partial charge in [0.15, 0.2) is 0 Å². The van der Waals surface area contributed by atoms with Crippen LogP contribution in [0.5, 0.6) is 0 Å². The number of nitrogens with zero attached hydrogens (tertiary/aromatic N) is 3. The Kier molecular flexibility index (Phi) is 5.29. The van der Waals surface area contributed by atoms with Crippen LogP contribution in [0.2, 0.25) is 0 Å². The summed E-state index contributed by atoms with van der Waals surface area (Å²) in [6.07, 6.45) is -2.28. The molecule has 0 saturated carbocycles. The third-order valence-electron chi connectivity index (χ3n) is 4.22. The fraction of sp³-hybridized carbons (Fsp3) is 0.278. The number of halogens is 3. The van der Waals surface area contributed by atoms with Crippen LogP contribution in [-0.4, -0.2) is 53.3 Å². The van der Waals surface area contributed by atoms with Gasteiger partial charge >= 0.3 is 6.18 Å². The quantitative estimate of drug-likeness (QED) is 0.831. The van der Waals surface area contributed by atoms with Crippen molar-refractivity contribution in [2.24, 2.45) is 0 Å². The molecular formula is C18H17F3N4O2. The van der Waals surface area contributed by atoms with E-state index in [0.717, 1.165) is 18.5 Å². The summed E-state index contributed by atoms with van der Waals surface area (Å²) in [5.74, 6) is 0.135. The first-order valence-electron chi connectivity index (χ1n) is 8.26. The van der Waals surface area contributed by atoms with E-state index in [4.69, 9.17) is 0 Å². The number of benzene rings is 1. The number of aromatic nitrogens is 1. The molecule has 2 amide bonds. The molecule has 1 fully saturated rings. The molecule has 0 spiro atoms. The van der Waals surface area contributed by atoms with Crippen molar-refractivity contribution < 1.29 is 22.8 Å². The molecule has 0 radical (unpaired) electrons. The second-order valence-electron chi connectivity index (χ2n) is 6.07. The largest absolute Gasteiger partial charge is 0.416 e. The van der Waals surface area contributed by atoms with Gasteiger partial charge in [-0.25, -0.2) is 4.98 Å². The molecule has 2 aromatic rings. The first-order valence-corrected chi connectivity index (χ1v) is 8.26. The number of pyridine rings is 1. The maximum absolute atomic E-state index is 12.8. The van der Waals surface area contributed by atoms with E-state index in [-0.39, 0.29) is 11.6 Å². The lowest BCUT2D eigenvalue weighted by molar-refractivity contribution is -0.137. The van der Waals surface area contributed by atoms with E-state index in [1.807, 2.05) is 0 Å². The van der Waals surface area contributed by atoms with Gasteiger partial charge in [0.25, 0.3) is 5.91 Å². The van der Waals surface area contributed by atoms with Gasteiger partial charge in [-0.15, -0.1) is 0 Å². The number of nitrogens with one attached hydrogen (secondary N) is 1. The van der Waals surface area contributed by atoms with Crippen molar-refractivity contribution in [1.82, 2.24) is 14.8 Å². The van der Waals surface area contributed by atoms with Crippen LogP contribution in [0.4, 0.5) is 24.7 Å². The maximum Gasteiger partial charge on any atom is 0.416 e. The minimum atomic E-state index is -4.42. The number of carbonyl (C=O) groups is 2. The van der Waals surface area contributed by atoms with Crippen LogP contribution in [0.3, 0.4) is 0 Å². The van der Waals surface area contributed by atoms with Gasteiger partial charge < -0.3 is 15.1 Å². The Labute approximate surface area is 153 Å². The summed E-state index contributed by atoms with van der Waals surface area (Å²) in [5, 5.41) is 2.79. The summed E-state index contributed by atoms with van der Waals surface area (Å²) in [6, 6.07) is 7.90. The predicted molar refractivity (Wildman–Crippen MR) is 92.5 cm³/mol. The lowest BCUT2D eigenvalue weighted by atomic mass is 10.2. The Morgan fingerprint density at radius 2 is 1.85 bits per heavy atom. The smallest absolute Gasteiger partial charge is 0.342 e. The zero-order valence-corrected chi connectivity index (χ0v) is 14.2. The molecule has 1 aromatic heterocycles. The van der Waals surface area contributed by atoms with Gasteiger partial charge in [0.2, 0.25) is 6.41 Å². The van der Waals surface area contributed by atoms with Gasteiger partial charge in [0, 0.05) is 38.1 Å². The lowest BCUT2D eigenvalue weighted by Gasteiger charge is -2.32. The second-order valence-corrected chi connectivity index (χ2v) is 6.07. The van der Waals surface area contributed by atoms with Crippen LogP contribution in [-0.2, 0) is 11.0 Å². The molecule has 1 saturated heterocycles. The summed E-state index contributed by atoms with van der Waals surface area (Å²) in [6.45, 7) is 1.86. The highest BCUT2D eigenvalue weighted by atomic mass is 19.4. The standard InChI is InChI=1S/C18H17F3N4O2/c19-18(20,21)14-2-1-3-15(10-14)23-16-5-4-13(11-22-16)17(27)25-8-6-24(12-26)7-9-25/h1-5,10-12H,6-9H2,(H,22,23). The molecule has 1 aliphatic rings. The molecule has 0 bridgehead atoms. The molecule has 142 valence electrons. The molecule has 3 rings (SSSR count). The van der Waals surface area contributed by atoms with Gasteiger partial charge in [-0.2, -0.15) is 13.2 Å². The highest BCUT2D eigenvalue weighted by Gasteiger charge is 2.30. The van der Waals surface area contributed by atoms with Crippen LogP contribution >= 0.6 is 0 Å². The normalized spacial score (nSPS) is 14.8. The molecule has 0 unspecified atom stereocenters. The third-order valence-corrected chi connectivity index (χ3v) is 4.22. The number of amides is 2. The van der Waals surface area contributed by atoms with Crippen molar-refractivity contribution in [3.05, 3.63) is 53.7 Å². The molecule has 1 aliphatic heterocycles. The van der Waals surface area contributed by atoms with Gasteiger partial charge in [-0.3, -0.25) is 9.59 Å². The second kappa shape index (κ2) is 7.65. The van der Waals surface area contributed by atoms with E-state index in [0.29, 0.717) is 37.6 Å². The van der Waals surface area contributed by atoms with Gasteiger partial charge in [0.1, 0.15) is 5.82 Å². The Morgan fingerprint density at radius 3 is 2.44 bits per heavy atom. The minimum absolute atomic E-state index is 0.196. The van der Waals surface area contributed by atoms with Crippen molar-refractivity contribution in [2.45, 2.75) is 6.18 Å². The number of carbonyl (C=O) groups excluding carboxylic acids is 2. The lowest BCUT2D eigenvalue weighted by Crippen LogP contribution is -2.48. The van der Waals surface area contributed by atoms with Gasteiger partial charge in [-0.1, -0.05) is 6.07 Å². The minimum Gasteiger partial charge on any atom is -0.342 e. The van der Waals surface area contributed by atoms with E-state index >= 15 is 0 Å². The first kappa shape index (κ1) is 18.7. The van der Waals surface area contributed by atoms with E-state index < -0.39 is 11.7 Å². The fourth-order valence-electron chi connectivity index (χ4n) is 2.73. The molecule has 1 N–H and O–H groups in total. The predicted octanol–water partition coefficient (Wildman–Crippen LogP) is 2.76. The molecule has 9 heteroatoms. The van der Waals surface area contributed by atoms with Gasteiger partial charge in [0.05, 0.1) is 11.1 Å².